The van der Waals surface area contributed by atoms with Gasteiger partial charge in [0, 0.05) is 25.7 Å². The molecule has 1 saturated heterocycles. The Morgan fingerprint density at radius 3 is 2.68 bits per heavy atom. The Labute approximate surface area is 133 Å². The van der Waals surface area contributed by atoms with Crippen molar-refractivity contribution in [1.29, 1.82) is 0 Å². The first-order chi connectivity index (χ1) is 10.4. The van der Waals surface area contributed by atoms with Crippen molar-refractivity contribution in [1.82, 2.24) is 9.21 Å². The summed E-state index contributed by atoms with van der Waals surface area (Å²) >= 11 is 0. The highest BCUT2D eigenvalue weighted by atomic mass is 32.2. The summed E-state index contributed by atoms with van der Waals surface area (Å²) in [6, 6.07) is 7.10. The summed E-state index contributed by atoms with van der Waals surface area (Å²) in [7, 11) is -3.09. The van der Waals surface area contributed by atoms with Crippen molar-refractivity contribution in [3.63, 3.8) is 0 Å². The summed E-state index contributed by atoms with van der Waals surface area (Å²) in [5.74, 6) is -0.191. The van der Waals surface area contributed by atoms with Gasteiger partial charge in [0.25, 0.3) is 0 Å². The molecule has 1 aromatic rings. The normalized spacial score (nSPS) is 19.8. The third-order valence-electron chi connectivity index (χ3n) is 4.32. The predicted octanol–water partition coefficient (Wildman–Crippen LogP) is 2.11. The summed E-state index contributed by atoms with van der Waals surface area (Å²) in [6.07, 6.45) is 3.92. The highest BCUT2D eigenvalue weighted by Crippen LogP contribution is 2.14. The van der Waals surface area contributed by atoms with Crippen LogP contribution in [0.15, 0.2) is 24.3 Å². The van der Waals surface area contributed by atoms with Gasteiger partial charge in [0.1, 0.15) is 5.82 Å². The van der Waals surface area contributed by atoms with Crippen LogP contribution >= 0.6 is 0 Å². The fourth-order valence-electron chi connectivity index (χ4n) is 2.94. The van der Waals surface area contributed by atoms with E-state index in [1.807, 2.05) is 6.07 Å². The number of rotatable bonds is 5. The lowest BCUT2D eigenvalue weighted by Crippen LogP contribution is -2.38. The van der Waals surface area contributed by atoms with Crippen LogP contribution in [-0.2, 0) is 16.4 Å². The average molecular weight is 328 g/mol. The number of aryl methyl sites for hydroxylation is 1. The van der Waals surface area contributed by atoms with Gasteiger partial charge in [0.2, 0.25) is 10.0 Å². The number of hydrogen-bond donors (Lipinski definition) is 0. The van der Waals surface area contributed by atoms with Crippen molar-refractivity contribution in [3.8, 4) is 0 Å². The van der Waals surface area contributed by atoms with Crippen molar-refractivity contribution in [2.45, 2.75) is 32.2 Å². The summed E-state index contributed by atoms with van der Waals surface area (Å²) in [4.78, 5) is 2.34. The fourth-order valence-corrected chi connectivity index (χ4v) is 3.81. The lowest BCUT2D eigenvalue weighted by atomic mass is 10.0. The zero-order valence-electron chi connectivity index (χ0n) is 13.3. The molecule has 1 aliphatic heterocycles. The molecule has 1 aromatic carbocycles. The third-order valence-corrected chi connectivity index (χ3v) is 5.62. The molecule has 0 aliphatic carbocycles. The molecule has 0 N–H and O–H groups in total. The summed E-state index contributed by atoms with van der Waals surface area (Å²) in [5.41, 5.74) is 1.01. The molecule has 1 fully saturated rings. The van der Waals surface area contributed by atoms with E-state index in [9.17, 15) is 12.8 Å². The summed E-state index contributed by atoms with van der Waals surface area (Å²) < 4.78 is 38.0. The van der Waals surface area contributed by atoms with Crippen LogP contribution in [0, 0.1) is 5.82 Å². The molecule has 1 atom stereocenters. The molecule has 4 nitrogen and oxygen atoms in total. The second-order valence-electron chi connectivity index (χ2n) is 6.07. The van der Waals surface area contributed by atoms with E-state index < -0.39 is 10.0 Å². The number of halogens is 1. The monoisotopic (exact) mass is 328 g/mol. The van der Waals surface area contributed by atoms with Gasteiger partial charge in [-0.15, -0.1) is 0 Å². The molecule has 0 aromatic heterocycles. The van der Waals surface area contributed by atoms with E-state index in [1.54, 1.807) is 16.4 Å². The van der Waals surface area contributed by atoms with Gasteiger partial charge in [-0.05, 0) is 50.4 Å². The zero-order chi connectivity index (χ0) is 16.2. The van der Waals surface area contributed by atoms with Crippen molar-refractivity contribution in [3.05, 3.63) is 35.6 Å². The molecule has 124 valence electrons. The maximum atomic E-state index is 13.2. The molecule has 1 aliphatic rings. The Bertz CT molecular complexity index is 592. The lowest BCUT2D eigenvalue weighted by Gasteiger charge is -2.27. The van der Waals surface area contributed by atoms with Crippen LogP contribution in [-0.4, -0.2) is 56.1 Å². The SMILES string of the molecule is CC(CCc1cccc(F)c1)N1CCCN(S(C)(=O)=O)CC1. The average Bonchev–Trinajstić information content (AvgIpc) is 2.70. The highest BCUT2D eigenvalue weighted by Gasteiger charge is 2.23. The Morgan fingerprint density at radius 2 is 2.00 bits per heavy atom. The van der Waals surface area contributed by atoms with E-state index >= 15 is 0 Å². The molecule has 0 bridgehead atoms. The topological polar surface area (TPSA) is 40.6 Å². The van der Waals surface area contributed by atoms with Crippen LogP contribution in [0.4, 0.5) is 4.39 Å². The van der Waals surface area contributed by atoms with Gasteiger partial charge in [-0.1, -0.05) is 12.1 Å². The third kappa shape index (κ3) is 5.04. The number of nitrogens with zero attached hydrogens (tertiary/aromatic N) is 2. The van der Waals surface area contributed by atoms with Crippen LogP contribution in [0.5, 0.6) is 0 Å². The molecular formula is C16H25FN2O2S. The molecule has 6 heteroatoms. The zero-order valence-corrected chi connectivity index (χ0v) is 14.2. The standard InChI is InChI=1S/C16H25FN2O2S/c1-14(7-8-15-5-3-6-16(17)13-15)18-9-4-10-19(12-11-18)22(2,20)21/h3,5-6,13-14H,4,7-12H2,1-2H3. The predicted molar refractivity (Wildman–Crippen MR) is 86.8 cm³/mol. The van der Waals surface area contributed by atoms with E-state index in [4.69, 9.17) is 0 Å². The molecule has 22 heavy (non-hydrogen) atoms. The van der Waals surface area contributed by atoms with Crippen molar-refractivity contribution < 1.29 is 12.8 Å². The molecule has 0 radical (unpaired) electrons. The van der Waals surface area contributed by atoms with Crippen LogP contribution in [0.25, 0.3) is 0 Å². The summed E-state index contributed by atoms with van der Waals surface area (Å²) in [6.45, 7) is 5.00. The second kappa shape index (κ2) is 7.53. The van der Waals surface area contributed by atoms with Crippen LogP contribution < -0.4 is 0 Å². The number of sulfonamides is 1. The minimum Gasteiger partial charge on any atom is -0.299 e. The van der Waals surface area contributed by atoms with E-state index in [2.05, 4.69) is 11.8 Å². The first-order valence-electron chi connectivity index (χ1n) is 7.80. The van der Waals surface area contributed by atoms with Gasteiger partial charge in [-0.2, -0.15) is 0 Å². The summed E-state index contributed by atoms with van der Waals surface area (Å²) in [5, 5.41) is 0. The van der Waals surface area contributed by atoms with Gasteiger partial charge in [-0.3, -0.25) is 4.90 Å². The van der Waals surface area contributed by atoms with Gasteiger partial charge in [0.05, 0.1) is 6.26 Å². The molecule has 2 rings (SSSR count). The molecule has 0 saturated carbocycles. The van der Waals surface area contributed by atoms with Crippen LogP contribution in [0.2, 0.25) is 0 Å². The highest BCUT2D eigenvalue weighted by molar-refractivity contribution is 7.88. The fraction of sp³-hybridized carbons (Fsp3) is 0.625. The molecule has 1 heterocycles. The van der Waals surface area contributed by atoms with Gasteiger partial charge < -0.3 is 0 Å². The van der Waals surface area contributed by atoms with E-state index in [-0.39, 0.29) is 5.82 Å². The largest absolute Gasteiger partial charge is 0.299 e. The minimum absolute atomic E-state index is 0.191. The van der Waals surface area contributed by atoms with Crippen LogP contribution in [0.1, 0.15) is 25.3 Å². The number of benzene rings is 1. The second-order valence-corrected chi connectivity index (χ2v) is 8.05. The molecule has 1 unspecified atom stereocenters. The Balaban J connectivity index is 1.86. The lowest BCUT2D eigenvalue weighted by molar-refractivity contribution is 0.210. The molecule has 0 amide bonds. The molecular weight excluding hydrogens is 303 g/mol. The van der Waals surface area contributed by atoms with Crippen molar-refractivity contribution in [2.24, 2.45) is 0 Å². The first kappa shape index (κ1) is 17.4. The quantitative estimate of drug-likeness (QED) is 0.831. The Kier molecular flexibility index (Phi) is 5.94. The van der Waals surface area contributed by atoms with Crippen LogP contribution in [0.3, 0.4) is 0 Å². The maximum absolute atomic E-state index is 13.2. The van der Waals surface area contributed by atoms with E-state index in [0.717, 1.165) is 37.9 Å². The Hall–Kier alpha value is -0.980. The van der Waals surface area contributed by atoms with Gasteiger partial charge in [-0.25, -0.2) is 17.1 Å². The van der Waals surface area contributed by atoms with E-state index in [1.165, 1.54) is 12.3 Å². The minimum atomic E-state index is -3.09. The number of hydrogen-bond acceptors (Lipinski definition) is 3. The maximum Gasteiger partial charge on any atom is 0.211 e. The smallest absolute Gasteiger partial charge is 0.211 e. The first-order valence-corrected chi connectivity index (χ1v) is 9.65. The van der Waals surface area contributed by atoms with Crippen molar-refractivity contribution in [2.75, 3.05) is 32.4 Å². The van der Waals surface area contributed by atoms with Crippen molar-refractivity contribution >= 4 is 10.0 Å². The Morgan fingerprint density at radius 1 is 1.23 bits per heavy atom. The molecule has 0 spiro atoms. The van der Waals surface area contributed by atoms with Gasteiger partial charge >= 0.3 is 0 Å². The van der Waals surface area contributed by atoms with E-state index in [0.29, 0.717) is 19.1 Å². The van der Waals surface area contributed by atoms with Gasteiger partial charge in [0.15, 0.2) is 0 Å².